The summed E-state index contributed by atoms with van der Waals surface area (Å²) in [6, 6.07) is 6.15. The number of carbonyl (C=O) groups excluding carboxylic acids is 1. The topological polar surface area (TPSA) is 54.5 Å². The number of alkyl halides is 3. The minimum absolute atomic E-state index is 0.0131. The highest BCUT2D eigenvalue weighted by atomic mass is 19.4. The van der Waals surface area contributed by atoms with Crippen LogP contribution in [0.15, 0.2) is 24.3 Å². The molecule has 1 aromatic carbocycles. The average molecular weight is 429 g/mol. The predicted molar refractivity (Wildman–Crippen MR) is 101 cm³/mol. The van der Waals surface area contributed by atoms with Crippen LogP contribution < -0.4 is 4.74 Å². The maximum atomic E-state index is 12.4. The van der Waals surface area contributed by atoms with Gasteiger partial charge in [0.05, 0.1) is 24.8 Å². The molecule has 0 N–H and O–H groups in total. The molecular weight excluding hydrogens is 403 g/mol. The molecule has 3 aliphatic rings. The normalized spacial score (nSPS) is 24.4. The summed E-state index contributed by atoms with van der Waals surface area (Å²) in [5, 5.41) is 0. The molecule has 7 nitrogen and oxygen atoms in total. The highest BCUT2D eigenvalue weighted by Crippen LogP contribution is 2.36. The van der Waals surface area contributed by atoms with Crippen LogP contribution in [0.2, 0.25) is 0 Å². The van der Waals surface area contributed by atoms with E-state index in [1.54, 1.807) is 12.1 Å². The number of methoxy groups -OCH3 is 1. The smallest absolute Gasteiger partial charge is 0.406 e. The number of hydrogen-bond acceptors (Lipinski definition) is 6. The highest BCUT2D eigenvalue weighted by molar-refractivity contribution is 5.77. The summed E-state index contributed by atoms with van der Waals surface area (Å²) >= 11 is 0. The molecule has 3 heterocycles. The Labute approximate surface area is 173 Å². The van der Waals surface area contributed by atoms with Crippen LogP contribution in [0.1, 0.15) is 5.56 Å². The van der Waals surface area contributed by atoms with Gasteiger partial charge < -0.3 is 19.1 Å². The molecule has 0 unspecified atom stereocenters. The van der Waals surface area contributed by atoms with Crippen molar-refractivity contribution in [2.24, 2.45) is 0 Å². The van der Waals surface area contributed by atoms with Crippen molar-refractivity contribution in [2.75, 3.05) is 59.7 Å². The van der Waals surface area contributed by atoms with Crippen LogP contribution >= 0.6 is 0 Å². The number of carbonyl (C=O) groups is 1. The summed E-state index contributed by atoms with van der Waals surface area (Å²) in [4.78, 5) is 19.0. The average Bonchev–Trinajstić information content (AvgIpc) is 2.67. The number of piperazine rings is 1. The molecule has 0 radical (unpaired) electrons. The number of morpholine rings is 1. The van der Waals surface area contributed by atoms with Crippen molar-refractivity contribution in [3.8, 4) is 5.75 Å². The van der Waals surface area contributed by atoms with Crippen LogP contribution in [0.4, 0.5) is 13.2 Å². The van der Waals surface area contributed by atoms with Crippen LogP contribution in [-0.2, 0) is 20.8 Å². The molecule has 3 aliphatic heterocycles. The van der Waals surface area contributed by atoms with Gasteiger partial charge in [-0.15, -0.1) is 13.2 Å². The number of likely N-dealkylation sites (tertiary alicyclic amines) is 1. The van der Waals surface area contributed by atoms with Gasteiger partial charge >= 0.3 is 6.36 Å². The van der Waals surface area contributed by atoms with E-state index in [1.807, 2.05) is 4.90 Å². The number of amides is 1. The fraction of sp³-hybridized carbons (Fsp3) is 0.650. The van der Waals surface area contributed by atoms with E-state index in [-0.39, 0.29) is 29.8 Å². The van der Waals surface area contributed by atoms with E-state index < -0.39 is 6.36 Å². The van der Waals surface area contributed by atoms with Crippen LogP contribution in [-0.4, -0.2) is 98.2 Å². The van der Waals surface area contributed by atoms with Gasteiger partial charge in [-0.05, 0) is 17.7 Å². The SMILES string of the molecule is COCC(=O)N1C[C@@H]2COCCN2C2(CN(Cc3ccc(OC(F)(F)F)cc3)C2)C1. The molecule has 10 heteroatoms. The summed E-state index contributed by atoms with van der Waals surface area (Å²) in [6.07, 6.45) is -4.69. The second kappa shape index (κ2) is 8.33. The molecule has 4 rings (SSSR count). The van der Waals surface area contributed by atoms with Gasteiger partial charge in [-0.25, -0.2) is 0 Å². The van der Waals surface area contributed by atoms with Crippen LogP contribution in [0.25, 0.3) is 0 Å². The van der Waals surface area contributed by atoms with E-state index in [2.05, 4.69) is 14.5 Å². The number of rotatable bonds is 5. The van der Waals surface area contributed by atoms with Crippen molar-refractivity contribution in [1.82, 2.24) is 14.7 Å². The van der Waals surface area contributed by atoms with Gasteiger partial charge in [-0.2, -0.15) is 0 Å². The van der Waals surface area contributed by atoms with Gasteiger partial charge in [-0.1, -0.05) is 12.1 Å². The molecule has 3 saturated heterocycles. The van der Waals surface area contributed by atoms with E-state index in [4.69, 9.17) is 9.47 Å². The molecule has 1 atom stereocenters. The molecule has 1 amide bonds. The number of ether oxygens (including phenoxy) is 3. The summed E-state index contributed by atoms with van der Waals surface area (Å²) in [5.74, 6) is -0.233. The monoisotopic (exact) mass is 429 g/mol. The lowest BCUT2D eigenvalue weighted by Crippen LogP contribution is -2.80. The first kappa shape index (κ1) is 21.4. The summed E-state index contributed by atoms with van der Waals surface area (Å²) in [6.45, 7) is 5.72. The number of halogens is 3. The molecule has 3 fully saturated rings. The minimum Gasteiger partial charge on any atom is -0.406 e. The molecule has 30 heavy (non-hydrogen) atoms. The van der Waals surface area contributed by atoms with Gasteiger partial charge in [0.2, 0.25) is 5.91 Å². The van der Waals surface area contributed by atoms with Crippen molar-refractivity contribution >= 4 is 5.91 Å². The van der Waals surface area contributed by atoms with Gasteiger partial charge in [0.25, 0.3) is 0 Å². The van der Waals surface area contributed by atoms with Crippen molar-refractivity contribution < 1.29 is 32.2 Å². The van der Waals surface area contributed by atoms with Crippen molar-refractivity contribution in [3.63, 3.8) is 0 Å². The van der Waals surface area contributed by atoms with Crippen LogP contribution in [0.3, 0.4) is 0 Å². The Morgan fingerprint density at radius 2 is 1.97 bits per heavy atom. The van der Waals surface area contributed by atoms with E-state index >= 15 is 0 Å². The lowest BCUT2D eigenvalue weighted by Gasteiger charge is -2.63. The Hall–Kier alpha value is -1.88. The fourth-order valence-corrected chi connectivity index (χ4v) is 4.83. The summed E-state index contributed by atoms with van der Waals surface area (Å²) < 4.78 is 51.5. The zero-order valence-corrected chi connectivity index (χ0v) is 16.9. The third kappa shape index (κ3) is 4.56. The van der Waals surface area contributed by atoms with Gasteiger partial charge in [0, 0.05) is 46.4 Å². The molecule has 0 aromatic heterocycles. The molecule has 1 spiro atoms. The maximum absolute atomic E-state index is 12.4. The Kier molecular flexibility index (Phi) is 5.93. The standard InChI is InChI=1S/C20H26F3N3O4/c1-28-11-18(27)25-9-16-10-29-7-6-26(16)19(14-25)12-24(13-19)8-15-2-4-17(5-3-15)30-20(21,22)23/h2-5,16H,6-14H2,1H3/t16-/m1/s1. The highest BCUT2D eigenvalue weighted by Gasteiger charge is 2.54. The first-order valence-electron chi connectivity index (χ1n) is 9.96. The zero-order chi connectivity index (χ0) is 21.4. The molecule has 0 aliphatic carbocycles. The van der Waals surface area contributed by atoms with E-state index in [1.165, 1.54) is 19.2 Å². The third-order valence-electron chi connectivity index (χ3n) is 5.97. The Morgan fingerprint density at radius 3 is 2.63 bits per heavy atom. The Balaban J connectivity index is 1.39. The second-order valence-electron chi connectivity index (χ2n) is 8.19. The lowest BCUT2D eigenvalue weighted by atomic mass is 9.82. The third-order valence-corrected chi connectivity index (χ3v) is 5.97. The molecule has 0 bridgehead atoms. The van der Waals surface area contributed by atoms with Crippen LogP contribution in [0, 0.1) is 0 Å². The van der Waals surface area contributed by atoms with Crippen molar-refractivity contribution in [1.29, 1.82) is 0 Å². The largest absolute Gasteiger partial charge is 0.573 e. The number of benzene rings is 1. The first-order valence-corrected chi connectivity index (χ1v) is 9.96. The van der Waals surface area contributed by atoms with Gasteiger partial charge in [-0.3, -0.25) is 14.6 Å². The van der Waals surface area contributed by atoms with Gasteiger partial charge in [0.1, 0.15) is 12.4 Å². The zero-order valence-electron chi connectivity index (χ0n) is 16.9. The maximum Gasteiger partial charge on any atom is 0.573 e. The molecular formula is C20H26F3N3O4. The summed E-state index contributed by atoms with van der Waals surface area (Å²) in [7, 11) is 1.52. The van der Waals surface area contributed by atoms with Gasteiger partial charge in [0.15, 0.2) is 0 Å². The number of fused-ring (bicyclic) bond motifs is 2. The lowest BCUT2D eigenvalue weighted by molar-refractivity contribution is -0.274. The molecule has 1 aromatic rings. The predicted octanol–water partition coefficient (Wildman–Crippen LogP) is 1.33. The Morgan fingerprint density at radius 1 is 1.23 bits per heavy atom. The van der Waals surface area contributed by atoms with Crippen molar-refractivity contribution in [3.05, 3.63) is 29.8 Å². The second-order valence-corrected chi connectivity index (χ2v) is 8.19. The fourth-order valence-electron chi connectivity index (χ4n) is 4.83. The van der Waals surface area contributed by atoms with Crippen molar-refractivity contribution in [2.45, 2.75) is 24.5 Å². The van der Waals surface area contributed by atoms with E-state index in [0.717, 1.165) is 25.2 Å². The minimum atomic E-state index is -4.69. The van der Waals surface area contributed by atoms with Crippen LogP contribution in [0.5, 0.6) is 5.75 Å². The Bertz CT molecular complexity index is 753. The quantitative estimate of drug-likeness (QED) is 0.704. The molecule has 0 saturated carbocycles. The summed E-state index contributed by atoms with van der Waals surface area (Å²) in [5.41, 5.74) is 0.802. The van der Waals surface area contributed by atoms with E-state index in [9.17, 15) is 18.0 Å². The number of nitrogens with zero attached hydrogens (tertiary/aromatic N) is 3. The van der Waals surface area contributed by atoms with E-state index in [0.29, 0.717) is 32.8 Å². The first-order chi connectivity index (χ1) is 14.3. The molecule has 166 valence electrons. The number of hydrogen-bond donors (Lipinski definition) is 0.